The molecule has 0 saturated heterocycles. The van der Waals surface area contributed by atoms with Gasteiger partial charge >= 0.3 is 0 Å². The number of carbonyl (C=O) groups excluding carboxylic acids is 2. The lowest BCUT2D eigenvalue weighted by molar-refractivity contribution is -0.116. The second-order valence-electron chi connectivity index (χ2n) is 5.69. The minimum absolute atomic E-state index is 0.165. The van der Waals surface area contributed by atoms with E-state index in [0.29, 0.717) is 17.8 Å². The molecular weight excluding hydrogens is 335 g/mol. The van der Waals surface area contributed by atoms with Gasteiger partial charge in [0.15, 0.2) is 5.76 Å². The van der Waals surface area contributed by atoms with Gasteiger partial charge in [0.05, 0.1) is 6.26 Å². The van der Waals surface area contributed by atoms with Gasteiger partial charge in [-0.05, 0) is 60.5 Å². The van der Waals surface area contributed by atoms with E-state index < -0.39 is 0 Å². The van der Waals surface area contributed by atoms with Crippen LogP contribution >= 0.6 is 0 Å². The standard InChI is InChI=1S/C20H17FN2O3/c21-15-4-1-3-14(13-15)6-11-19(24)22-16-7-9-17(10-8-16)23-20(25)18-5-2-12-26-18/h1-5,7-10,12-13H,6,11H2,(H,22,24)(H,23,25). The Balaban J connectivity index is 1.50. The molecule has 0 fully saturated rings. The van der Waals surface area contributed by atoms with Gasteiger partial charge in [0.2, 0.25) is 5.91 Å². The van der Waals surface area contributed by atoms with Gasteiger partial charge < -0.3 is 15.1 Å². The summed E-state index contributed by atoms with van der Waals surface area (Å²) in [5.74, 6) is -0.599. The molecular formula is C20H17FN2O3. The maximum absolute atomic E-state index is 13.1. The SMILES string of the molecule is O=C(CCc1cccc(F)c1)Nc1ccc(NC(=O)c2ccco2)cc1. The normalized spacial score (nSPS) is 10.3. The van der Waals surface area contributed by atoms with E-state index >= 15 is 0 Å². The molecule has 2 amide bonds. The molecule has 5 nitrogen and oxygen atoms in total. The van der Waals surface area contributed by atoms with Crippen molar-refractivity contribution in [3.05, 3.63) is 84.1 Å². The first-order valence-corrected chi connectivity index (χ1v) is 8.09. The van der Waals surface area contributed by atoms with Crippen LogP contribution in [0.2, 0.25) is 0 Å². The molecule has 132 valence electrons. The quantitative estimate of drug-likeness (QED) is 0.697. The first-order valence-electron chi connectivity index (χ1n) is 8.09. The monoisotopic (exact) mass is 352 g/mol. The topological polar surface area (TPSA) is 71.3 Å². The second-order valence-corrected chi connectivity index (χ2v) is 5.69. The second kappa shape index (κ2) is 8.11. The van der Waals surface area contributed by atoms with Crippen LogP contribution in [0.25, 0.3) is 0 Å². The summed E-state index contributed by atoms with van der Waals surface area (Å²) < 4.78 is 18.1. The lowest BCUT2D eigenvalue weighted by atomic mass is 10.1. The van der Waals surface area contributed by atoms with Gasteiger partial charge in [-0.2, -0.15) is 0 Å². The van der Waals surface area contributed by atoms with E-state index in [2.05, 4.69) is 10.6 Å². The molecule has 1 heterocycles. The van der Waals surface area contributed by atoms with Crippen LogP contribution in [0.5, 0.6) is 0 Å². The summed E-state index contributed by atoms with van der Waals surface area (Å²) in [4.78, 5) is 23.9. The van der Waals surface area contributed by atoms with E-state index in [4.69, 9.17) is 4.42 Å². The number of aryl methyl sites for hydroxylation is 1. The van der Waals surface area contributed by atoms with Crippen LogP contribution in [0, 0.1) is 5.82 Å². The van der Waals surface area contributed by atoms with Crippen molar-refractivity contribution in [2.45, 2.75) is 12.8 Å². The number of anilines is 2. The van der Waals surface area contributed by atoms with E-state index in [0.717, 1.165) is 5.56 Å². The molecule has 26 heavy (non-hydrogen) atoms. The Bertz CT molecular complexity index is 890. The Morgan fingerprint density at radius 3 is 2.31 bits per heavy atom. The first-order chi connectivity index (χ1) is 12.6. The Morgan fingerprint density at radius 1 is 0.923 bits per heavy atom. The molecule has 2 N–H and O–H groups in total. The Hall–Kier alpha value is -3.41. The zero-order valence-electron chi connectivity index (χ0n) is 13.9. The number of hydrogen-bond acceptors (Lipinski definition) is 3. The van der Waals surface area contributed by atoms with Gasteiger partial charge in [0.1, 0.15) is 5.82 Å². The van der Waals surface area contributed by atoms with Crippen molar-refractivity contribution in [1.29, 1.82) is 0 Å². The van der Waals surface area contributed by atoms with Crippen LogP contribution in [-0.2, 0) is 11.2 Å². The number of hydrogen-bond donors (Lipinski definition) is 2. The predicted molar refractivity (Wildman–Crippen MR) is 96.5 cm³/mol. The third-order valence-corrected chi connectivity index (χ3v) is 3.70. The average molecular weight is 352 g/mol. The minimum Gasteiger partial charge on any atom is -0.459 e. The van der Waals surface area contributed by atoms with Crippen LogP contribution in [-0.4, -0.2) is 11.8 Å². The van der Waals surface area contributed by atoms with Crippen molar-refractivity contribution >= 4 is 23.2 Å². The van der Waals surface area contributed by atoms with E-state index in [-0.39, 0.29) is 29.8 Å². The highest BCUT2D eigenvalue weighted by atomic mass is 19.1. The summed E-state index contributed by atoms with van der Waals surface area (Å²) in [5, 5.41) is 5.47. The van der Waals surface area contributed by atoms with Crippen molar-refractivity contribution in [3.63, 3.8) is 0 Å². The molecule has 0 aliphatic rings. The summed E-state index contributed by atoms with van der Waals surface area (Å²) in [6, 6.07) is 16.2. The van der Waals surface area contributed by atoms with Crippen molar-refractivity contribution in [2.75, 3.05) is 10.6 Å². The molecule has 3 rings (SSSR count). The maximum Gasteiger partial charge on any atom is 0.291 e. The third kappa shape index (κ3) is 4.80. The molecule has 0 aliphatic heterocycles. The number of halogens is 1. The molecule has 3 aromatic rings. The molecule has 2 aromatic carbocycles. The highest BCUT2D eigenvalue weighted by Crippen LogP contribution is 2.15. The van der Waals surface area contributed by atoms with Crippen LogP contribution in [0.4, 0.5) is 15.8 Å². The first kappa shape index (κ1) is 17.4. The maximum atomic E-state index is 13.1. The van der Waals surface area contributed by atoms with E-state index in [1.54, 1.807) is 48.5 Å². The van der Waals surface area contributed by atoms with Gasteiger partial charge in [-0.3, -0.25) is 9.59 Å². The van der Waals surface area contributed by atoms with Crippen molar-refractivity contribution < 1.29 is 18.4 Å². The van der Waals surface area contributed by atoms with Gasteiger partial charge in [0, 0.05) is 17.8 Å². The fraction of sp³-hybridized carbons (Fsp3) is 0.100. The minimum atomic E-state index is -0.345. The average Bonchev–Trinajstić information content (AvgIpc) is 3.17. The molecule has 1 aromatic heterocycles. The van der Waals surface area contributed by atoms with Crippen molar-refractivity contribution in [2.24, 2.45) is 0 Å². The molecule has 6 heteroatoms. The highest BCUT2D eigenvalue weighted by Gasteiger charge is 2.09. The Morgan fingerprint density at radius 2 is 1.65 bits per heavy atom. The summed E-state index contributed by atoms with van der Waals surface area (Å²) >= 11 is 0. The van der Waals surface area contributed by atoms with E-state index in [1.807, 2.05) is 0 Å². The summed E-state index contributed by atoms with van der Waals surface area (Å²) in [6.07, 6.45) is 2.14. The Kier molecular flexibility index (Phi) is 5.43. The Labute approximate surface area is 149 Å². The number of furan rings is 1. The van der Waals surface area contributed by atoms with Gasteiger partial charge in [-0.15, -0.1) is 0 Å². The van der Waals surface area contributed by atoms with Crippen molar-refractivity contribution in [3.8, 4) is 0 Å². The zero-order chi connectivity index (χ0) is 18.4. The number of amides is 2. The molecule has 0 aliphatic carbocycles. The molecule has 0 unspecified atom stereocenters. The fourth-order valence-corrected chi connectivity index (χ4v) is 2.41. The number of benzene rings is 2. The summed E-state index contributed by atoms with van der Waals surface area (Å²) in [6.45, 7) is 0. The molecule has 0 radical (unpaired) electrons. The van der Waals surface area contributed by atoms with Gasteiger partial charge in [-0.1, -0.05) is 12.1 Å². The summed E-state index contributed by atoms with van der Waals surface area (Å²) in [5.41, 5.74) is 1.98. The number of carbonyl (C=O) groups is 2. The van der Waals surface area contributed by atoms with E-state index in [9.17, 15) is 14.0 Å². The van der Waals surface area contributed by atoms with Crippen LogP contribution in [0.1, 0.15) is 22.5 Å². The molecule has 0 spiro atoms. The molecule has 0 saturated carbocycles. The van der Waals surface area contributed by atoms with E-state index in [1.165, 1.54) is 18.4 Å². The van der Waals surface area contributed by atoms with Gasteiger partial charge in [-0.25, -0.2) is 4.39 Å². The zero-order valence-corrected chi connectivity index (χ0v) is 13.9. The van der Waals surface area contributed by atoms with Crippen molar-refractivity contribution in [1.82, 2.24) is 0 Å². The van der Waals surface area contributed by atoms with Gasteiger partial charge in [0.25, 0.3) is 5.91 Å². The highest BCUT2D eigenvalue weighted by molar-refractivity contribution is 6.02. The fourth-order valence-electron chi connectivity index (χ4n) is 2.41. The molecule has 0 atom stereocenters. The van der Waals surface area contributed by atoms with Crippen LogP contribution in [0.3, 0.4) is 0 Å². The largest absolute Gasteiger partial charge is 0.459 e. The summed E-state index contributed by atoms with van der Waals surface area (Å²) in [7, 11) is 0. The number of rotatable bonds is 6. The number of nitrogens with one attached hydrogen (secondary N) is 2. The van der Waals surface area contributed by atoms with Crippen LogP contribution in [0.15, 0.2) is 71.3 Å². The molecule has 0 bridgehead atoms. The predicted octanol–water partition coefficient (Wildman–Crippen LogP) is 4.24. The third-order valence-electron chi connectivity index (χ3n) is 3.70. The lowest BCUT2D eigenvalue weighted by Crippen LogP contribution is -2.13. The smallest absolute Gasteiger partial charge is 0.291 e. The van der Waals surface area contributed by atoms with Crippen LogP contribution < -0.4 is 10.6 Å². The lowest BCUT2D eigenvalue weighted by Gasteiger charge is -2.07.